The van der Waals surface area contributed by atoms with Crippen LogP contribution in [0.5, 0.6) is 11.5 Å². The van der Waals surface area contributed by atoms with E-state index >= 15 is 0 Å². The normalized spacial score (nSPS) is 16.4. The molecule has 0 radical (unpaired) electrons. The number of ether oxygens (including phenoxy) is 2. The van der Waals surface area contributed by atoms with Gasteiger partial charge in [-0.15, -0.1) is 0 Å². The van der Waals surface area contributed by atoms with Gasteiger partial charge in [0.1, 0.15) is 30.8 Å². The van der Waals surface area contributed by atoms with Crippen LogP contribution in [0.3, 0.4) is 0 Å². The lowest BCUT2D eigenvalue weighted by molar-refractivity contribution is -0.142. The highest BCUT2D eigenvalue weighted by molar-refractivity contribution is 6.01. The summed E-state index contributed by atoms with van der Waals surface area (Å²) >= 11 is 0. The van der Waals surface area contributed by atoms with E-state index in [0.717, 1.165) is 12.0 Å². The SMILES string of the molecule is CCc1ccc(C#Cc2nc(C)c(C(=O)C[C@@H](CCN)C(=O)N(C)[C@@H]3C(=O)C[C@@H](C)C(=O)N[C@H](C(=O)CCC#N)Cc4ccc(OCCN)c(c4)-c4cc3ccc4OCCN)c(C)n2)cc1. The zero-order valence-electron chi connectivity index (χ0n) is 38.4. The Morgan fingerprint density at radius 3 is 2.12 bits per heavy atom. The first kappa shape index (κ1) is 50.2. The fourth-order valence-electron chi connectivity index (χ4n) is 8.09. The van der Waals surface area contributed by atoms with E-state index in [-0.39, 0.29) is 94.3 Å². The molecular formula is C51H60N8O7. The standard InChI is InChI=1S/C51H60N8O7/c1-6-34-9-11-35(12-10-34)14-18-47-56-32(3)48(33(4)57-47)43(61)30-38(19-21-53)51(64)59(5)49-37-15-17-46(66-25-23-55)40(29-37)39-27-36(13-16-45(39)65-24-22-54)28-41(42(60)8-7-20-52)58-50(63)31(2)26-44(49)62/h9-13,15-17,27,29,31,38,41,49H,6-8,19,21-26,28,30,53-55H2,1-5H3,(H,58,63)/t31-,38-,41+,49+/m1/s1. The van der Waals surface area contributed by atoms with Gasteiger partial charge < -0.3 is 36.9 Å². The summed E-state index contributed by atoms with van der Waals surface area (Å²) in [6.07, 6.45) is 0.470. The molecular weight excluding hydrogens is 837 g/mol. The second kappa shape index (κ2) is 23.9. The highest BCUT2D eigenvalue weighted by Crippen LogP contribution is 2.41. The predicted molar refractivity (Wildman–Crippen MR) is 250 cm³/mol. The van der Waals surface area contributed by atoms with Gasteiger partial charge in [0.2, 0.25) is 17.6 Å². The van der Waals surface area contributed by atoms with E-state index in [2.05, 4.69) is 34.0 Å². The average molecular weight is 897 g/mol. The van der Waals surface area contributed by atoms with Crippen LogP contribution in [0.15, 0.2) is 60.7 Å². The molecule has 4 aromatic rings. The number of carbonyl (C=O) groups is 5. The fourth-order valence-corrected chi connectivity index (χ4v) is 8.09. The maximum absolute atomic E-state index is 14.8. The molecule has 1 aliphatic heterocycles. The zero-order chi connectivity index (χ0) is 47.9. The Kier molecular flexibility index (Phi) is 18.2. The smallest absolute Gasteiger partial charge is 0.226 e. The van der Waals surface area contributed by atoms with Crippen molar-refractivity contribution >= 4 is 29.2 Å². The Morgan fingerprint density at radius 1 is 0.879 bits per heavy atom. The van der Waals surface area contributed by atoms with E-state index in [0.29, 0.717) is 45.1 Å². The number of amides is 2. The van der Waals surface area contributed by atoms with Gasteiger partial charge in [0.25, 0.3) is 0 Å². The molecule has 0 fully saturated rings. The molecule has 4 bridgehead atoms. The summed E-state index contributed by atoms with van der Waals surface area (Å²) in [5, 5.41) is 12.1. The number of carbonyl (C=O) groups excluding carboxylic acids is 5. The Hall–Kier alpha value is -6.78. The van der Waals surface area contributed by atoms with Gasteiger partial charge >= 0.3 is 0 Å². The molecule has 0 saturated heterocycles. The number of ketones is 3. The van der Waals surface area contributed by atoms with Crippen molar-refractivity contribution in [3.8, 4) is 40.5 Å². The van der Waals surface area contributed by atoms with Gasteiger partial charge in [-0.3, -0.25) is 24.0 Å². The molecule has 4 atom stereocenters. The first-order chi connectivity index (χ1) is 31.7. The van der Waals surface area contributed by atoms with Crippen molar-refractivity contribution in [2.24, 2.45) is 29.0 Å². The molecule has 2 amide bonds. The molecule has 0 unspecified atom stereocenters. The van der Waals surface area contributed by atoms with E-state index in [1.54, 1.807) is 51.1 Å². The average Bonchev–Trinajstić information content (AvgIpc) is 3.30. The molecule has 0 saturated carbocycles. The minimum absolute atomic E-state index is 0.0344. The number of hydrogen-bond acceptors (Lipinski definition) is 13. The van der Waals surface area contributed by atoms with Crippen molar-refractivity contribution in [3.63, 3.8) is 0 Å². The van der Waals surface area contributed by atoms with Gasteiger partial charge in [-0.1, -0.05) is 44.0 Å². The van der Waals surface area contributed by atoms with Crippen LogP contribution >= 0.6 is 0 Å². The highest BCUT2D eigenvalue weighted by Gasteiger charge is 2.36. The van der Waals surface area contributed by atoms with Crippen LogP contribution in [-0.4, -0.2) is 90.0 Å². The van der Waals surface area contributed by atoms with E-state index in [1.165, 1.54) is 17.5 Å². The molecule has 346 valence electrons. The maximum atomic E-state index is 14.8. The second-order valence-electron chi connectivity index (χ2n) is 16.5. The molecule has 3 aromatic carbocycles. The number of fused-ring (bicyclic) bond motifs is 5. The molecule has 66 heavy (non-hydrogen) atoms. The molecule has 2 heterocycles. The number of benzene rings is 3. The van der Waals surface area contributed by atoms with E-state index in [9.17, 15) is 29.2 Å². The first-order valence-electron chi connectivity index (χ1n) is 22.3. The lowest BCUT2D eigenvalue weighted by Gasteiger charge is -2.32. The zero-order valence-corrected chi connectivity index (χ0v) is 38.4. The number of hydrogen-bond donors (Lipinski definition) is 4. The molecule has 15 nitrogen and oxygen atoms in total. The quantitative estimate of drug-likeness (QED) is 0.0834. The summed E-state index contributed by atoms with van der Waals surface area (Å²) in [5.41, 5.74) is 23.0. The number of nitrogens with one attached hydrogen (secondary N) is 1. The lowest BCUT2D eigenvalue weighted by Crippen LogP contribution is -2.46. The summed E-state index contributed by atoms with van der Waals surface area (Å²) in [6, 6.07) is 18.1. The molecule has 1 aromatic heterocycles. The van der Waals surface area contributed by atoms with Crippen LogP contribution in [0, 0.1) is 48.9 Å². The Morgan fingerprint density at radius 2 is 1.52 bits per heavy atom. The first-order valence-corrected chi connectivity index (χ1v) is 22.3. The van der Waals surface area contributed by atoms with Crippen molar-refractivity contribution in [3.05, 3.63) is 106 Å². The number of aromatic nitrogens is 2. The monoisotopic (exact) mass is 896 g/mol. The van der Waals surface area contributed by atoms with Gasteiger partial charge in [-0.05, 0) is 98.7 Å². The number of Topliss-reactive ketones (excluding diaryl/α,β-unsaturated/α-hetero) is 3. The molecule has 5 rings (SSSR count). The summed E-state index contributed by atoms with van der Waals surface area (Å²) < 4.78 is 12.2. The highest BCUT2D eigenvalue weighted by atomic mass is 16.5. The van der Waals surface area contributed by atoms with Crippen LogP contribution in [0.1, 0.15) is 102 Å². The molecule has 0 aliphatic carbocycles. The van der Waals surface area contributed by atoms with Crippen LogP contribution in [-0.2, 0) is 32.0 Å². The lowest BCUT2D eigenvalue weighted by atomic mass is 9.88. The van der Waals surface area contributed by atoms with Gasteiger partial charge in [0, 0.05) is 74.3 Å². The minimum atomic E-state index is -1.25. The number of nitrogens with two attached hydrogens (primary N) is 3. The van der Waals surface area contributed by atoms with Crippen LogP contribution in [0.2, 0.25) is 0 Å². The van der Waals surface area contributed by atoms with Crippen molar-refractivity contribution < 1.29 is 33.4 Å². The predicted octanol–water partition coefficient (Wildman–Crippen LogP) is 4.64. The minimum Gasteiger partial charge on any atom is -0.492 e. The number of rotatable bonds is 17. The number of aryl methyl sites for hydroxylation is 3. The van der Waals surface area contributed by atoms with E-state index < -0.39 is 41.5 Å². The van der Waals surface area contributed by atoms with Gasteiger partial charge in [0.15, 0.2) is 17.3 Å². The summed E-state index contributed by atoms with van der Waals surface area (Å²) in [7, 11) is 1.49. The van der Waals surface area contributed by atoms with Crippen LogP contribution in [0.4, 0.5) is 0 Å². The van der Waals surface area contributed by atoms with Gasteiger partial charge in [-0.2, -0.15) is 5.26 Å². The second-order valence-corrected chi connectivity index (χ2v) is 16.5. The number of nitrogens with zero attached hydrogens (tertiary/aromatic N) is 4. The number of nitriles is 1. The summed E-state index contributed by atoms with van der Waals surface area (Å²) in [5.74, 6) is 3.08. The van der Waals surface area contributed by atoms with Crippen molar-refractivity contribution in [1.82, 2.24) is 20.2 Å². The van der Waals surface area contributed by atoms with Crippen LogP contribution in [0.25, 0.3) is 11.1 Å². The fraction of sp³-hybridized carbons (Fsp3) is 0.412. The Bertz CT molecular complexity index is 2500. The third kappa shape index (κ3) is 12.7. The number of likely N-dealkylation sites (N-methyl/N-ethyl adjacent to an activating group) is 1. The van der Waals surface area contributed by atoms with E-state index in [4.69, 9.17) is 26.7 Å². The third-order valence-corrected chi connectivity index (χ3v) is 11.6. The molecule has 0 spiro atoms. The van der Waals surface area contributed by atoms with Crippen molar-refractivity contribution in [2.75, 3.05) is 39.9 Å². The maximum Gasteiger partial charge on any atom is 0.226 e. The van der Waals surface area contributed by atoms with E-state index in [1.807, 2.05) is 36.4 Å². The van der Waals surface area contributed by atoms with Gasteiger partial charge in [-0.25, -0.2) is 9.97 Å². The van der Waals surface area contributed by atoms with Crippen LogP contribution < -0.4 is 32.0 Å². The molecule has 15 heteroatoms. The summed E-state index contributed by atoms with van der Waals surface area (Å²) in [4.78, 5) is 81.3. The Labute approximate surface area is 386 Å². The topological polar surface area (TPSA) is 247 Å². The molecule has 1 aliphatic rings. The third-order valence-electron chi connectivity index (χ3n) is 11.6. The van der Waals surface area contributed by atoms with Crippen molar-refractivity contribution in [1.29, 1.82) is 5.26 Å². The molecule has 7 N–H and O–H groups in total. The Balaban J connectivity index is 1.56. The van der Waals surface area contributed by atoms with Crippen molar-refractivity contribution in [2.45, 2.75) is 84.7 Å². The summed E-state index contributed by atoms with van der Waals surface area (Å²) in [6.45, 7) is 7.89. The van der Waals surface area contributed by atoms with Gasteiger partial charge in [0.05, 0.1) is 29.1 Å². The largest absolute Gasteiger partial charge is 0.492 e.